The van der Waals surface area contributed by atoms with Crippen LogP contribution in [-0.4, -0.2) is 35.8 Å². The summed E-state index contributed by atoms with van der Waals surface area (Å²) in [7, 11) is 0. The molecule has 2 amide bonds. The molecule has 0 saturated carbocycles. The third kappa shape index (κ3) is 6.25. The summed E-state index contributed by atoms with van der Waals surface area (Å²) >= 11 is 12.2. The molecule has 0 unspecified atom stereocenters. The molecule has 0 radical (unpaired) electrons. The quantitative estimate of drug-likeness (QED) is 0.647. The van der Waals surface area contributed by atoms with Crippen LogP contribution < -0.4 is 5.32 Å². The first-order chi connectivity index (χ1) is 13.5. The van der Waals surface area contributed by atoms with E-state index < -0.39 is 6.04 Å². The van der Waals surface area contributed by atoms with Gasteiger partial charge in [0.05, 0.1) is 6.42 Å². The Hall–Kier alpha value is -2.04. The van der Waals surface area contributed by atoms with E-state index in [4.69, 9.17) is 23.2 Å². The summed E-state index contributed by atoms with van der Waals surface area (Å²) in [5, 5.41) is 3.81. The molecular formula is C22H26Cl2N2O2. The number of carbonyl (C=O) groups excluding carboxylic acids is 2. The second kappa shape index (κ2) is 11.1. The number of carbonyl (C=O) groups is 2. The molecule has 0 bridgehead atoms. The Kier molecular flexibility index (Phi) is 8.81. The molecule has 2 rings (SSSR count). The van der Waals surface area contributed by atoms with E-state index in [0.717, 1.165) is 5.56 Å². The Morgan fingerprint density at radius 2 is 1.79 bits per heavy atom. The normalized spacial score (nSPS) is 11.7. The van der Waals surface area contributed by atoms with Gasteiger partial charge in [0.25, 0.3) is 0 Å². The molecule has 0 heterocycles. The van der Waals surface area contributed by atoms with Gasteiger partial charge >= 0.3 is 0 Å². The van der Waals surface area contributed by atoms with Crippen LogP contribution in [0.4, 0.5) is 0 Å². The van der Waals surface area contributed by atoms with Gasteiger partial charge in [0, 0.05) is 23.1 Å². The maximum atomic E-state index is 13.1. The summed E-state index contributed by atoms with van der Waals surface area (Å²) in [6.07, 6.45) is 1.35. The van der Waals surface area contributed by atoms with Crippen LogP contribution in [0, 0.1) is 0 Å². The van der Waals surface area contributed by atoms with Crippen molar-refractivity contribution in [3.63, 3.8) is 0 Å². The maximum absolute atomic E-state index is 13.1. The van der Waals surface area contributed by atoms with Crippen molar-refractivity contribution in [2.24, 2.45) is 0 Å². The van der Waals surface area contributed by atoms with E-state index in [0.29, 0.717) is 41.5 Å². The molecule has 2 aromatic carbocycles. The fourth-order valence-electron chi connectivity index (χ4n) is 3.12. The number of nitrogens with one attached hydrogen (secondary N) is 1. The number of halogens is 2. The predicted molar refractivity (Wildman–Crippen MR) is 115 cm³/mol. The summed E-state index contributed by atoms with van der Waals surface area (Å²) in [6, 6.07) is 14.5. The molecule has 0 aliphatic carbocycles. The van der Waals surface area contributed by atoms with E-state index in [2.05, 4.69) is 5.32 Å². The van der Waals surface area contributed by atoms with Gasteiger partial charge in [-0.05, 0) is 43.0 Å². The lowest BCUT2D eigenvalue weighted by Gasteiger charge is -2.30. The van der Waals surface area contributed by atoms with E-state index in [9.17, 15) is 9.59 Å². The molecule has 0 aliphatic heterocycles. The van der Waals surface area contributed by atoms with Crippen molar-refractivity contribution >= 4 is 35.0 Å². The molecule has 4 nitrogen and oxygen atoms in total. The van der Waals surface area contributed by atoms with Gasteiger partial charge in [0.15, 0.2) is 0 Å². The van der Waals surface area contributed by atoms with Crippen LogP contribution in [0.5, 0.6) is 0 Å². The van der Waals surface area contributed by atoms with Crippen LogP contribution in [0.1, 0.15) is 31.4 Å². The van der Waals surface area contributed by atoms with Crippen molar-refractivity contribution in [1.82, 2.24) is 10.2 Å². The van der Waals surface area contributed by atoms with Gasteiger partial charge in [-0.2, -0.15) is 0 Å². The molecule has 2 aromatic rings. The molecule has 0 fully saturated rings. The van der Waals surface area contributed by atoms with E-state index in [1.807, 2.05) is 44.2 Å². The number of benzene rings is 2. The maximum Gasteiger partial charge on any atom is 0.242 e. The first-order valence-corrected chi connectivity index (χ1v) is 10.3. The third-order valence-electron chi connectivity index (χ3n) is 4.58. The van der Waals surface area contributed by atoms with E-state index in [-0.39, 0.29) is 18.2 Å². The summed E-state index contributed by atoms with van der Waals surface area (Å²) in [5.41, 5.74) is 1.82. The lowest BCUT2D eigenvalue weighted by molar-refractivity contribution is -0.140. The standard InChI is InChI=1S/C22H26Cl2N2O2/c1-3-20(22(28)25-4-2)26(13-12-16-8-6-5-7-9-16)21(27)14-17-10-11-18(23)15-19(17)24/h5-11,15,20H,3-4,12-14H2,1-2H3,(H,25,28)/t20-/m0/s1. The molecule has 28 heavy (non-hydrogen) atoms. The van der Waals surface area contributed by atoms with Crippen molar-refractivity contribution < 1.29 is 9.59 Å². The van der Waals surface area contributed by atoms with Crippen LogP contribution in [0.15, 0.2) is 48.5 Å². The van der Waals surface area contributed by atoms with E-state index in [1.165, 1.54) is 0 Å². The van der Waals surface area contributed by atoms with Crippen molar-refractivity contribution in [1.29, 1.82) is 0 Å². The molecule has 0 spiro atoms. The zero-order chi connectivity index (χ0) is 20.5. The Balaban J connectivity index is 2.21. The van der Waals surface area contributed by atoms with Crippen molar-refractivity contribution in [2.45, 2.75) is 39.2 Å². The van der Waals surface area contributed by atoms with Gasteiger partial charge in [-0.1, -0.05) is 66.5 Å². The number of likely N-dealkylation sites (N-methyl/N-ethyl adjacent to an activating group) is 1. The zero-order valence-corrected chi connectivity index (χ0v) is 17.8. The van der Waals surface area contributed by atoms with E-state index in [1.54, 1.807) is 23.1 Å². The van der Waals surface area contributed by atoms with Crippen molar-refractivity contribution in [3.8, 4) is 0 Å². The second-order valence-corrected chi connectivity index (χ2v) is 7.40. The SMILES string of the molecule is CCNC(=O)[C@H](CC)N(CCc1ccccc1)C(=O)Cc1ccc(Cl)cc1Cl. The van der Waals surface area contributed by atoms with Gasteiger partial charge in [-0.15, -0.1) is 0 Å². The minimum Gasteiger partial charge on any atom is -0.355 e. The van der Waals surface area contributed by atoms with Crippen molar-refractivity contribution in [2.75, 3.05) is 13.1 Å². The predicted octanol–water partition coefficient (Wildman–Crippen LogP) is 4.52. The average Bonchev–Trinajstić information content (AvgIpc) is 2.68. The number of amides is 2. The molecular weight excluding hydrogens is 395 g/mol. The summed E-state index contributed by atoms with van der Waals surface area (Å²) in [6.45, 7) is 4.77. The van der Waals surface area contributed by atoms with Crippen LogP contribution in [-0.2, 0) is 22.4 Å². The summed E-state index contributed by atoms with van der Waals surface area (Å²) in [5.74, 6) is -0.258. The number of hydrogen-bond donors (Lipinski definition) is 1. The molecule has 1 N–H and O–H groups in total. The second-order valence-electron chi connectivity index (χ2n) is 6.55. The molecule has 0 aromatic heterocycles. The first-order valence-electron chi connectivity index (χ1n) is 9.51. The lowest BCUT2D eigenvalue weighted by atomic mass is 10.1. The Bertz CT molecular complexity index is 796. The smallest absolute Gasteiger partial charge is 0.242 e. The minimum absolute atomic E-state index is 0.126. The van der Waals surface area contributed by atoms with E-state index >= 15 is 0 Å². The average molecular weight is 421 g/mol. The monoisotopic (exact) mass is 420 g/mol. The lowest BCUT2D eigenvalue weighted by Crippen LogP contribution is -2.50. The molecule has 6 heteroatoms. The summed E-state index contributed by atoms with van der Waals surface area (Å²) < 4.78 is 0. The number of rotatable bonds is 9. The van der Waals surface area contributed by atoms with Gasteiger partial charge in [-0.25, -0.2) is 0 Å². The van der Waals surface area contributed by atoms with Gasteiger partial charge in [-0.3, -0.25) is 9.59 Å². The molecule has 150 valence electrons. The highest BCUT2D eigenvalue weighted by Crippen LogP contribution is 2.22. The van der Waals surface area contributed by atoms with Crippen LogP contribution in [0.3, 0.4) is 0 Å². The number of nitrogens with zero attached hydrogens (tertiary/aromatic N) is 1. The first kappa shape index (κ1) is 22.3. The molecule has 1 atom stereocenters. The number of hydrogen-bond acceptors (Lipinski definition) is 2. The third-order valence-corrected chi connectivity index (χ3v) is 5.16. The zero-order valence-electron chi connectivity index (χ0n) is 16.3. The van der Waals surface area contributed by atoms with Crippen LogP contribution >= 0.6 is 23.2 Å². The Morgan fingerprint density at radius 3 is 2.39 bits per heavy atom. The Morgan fingerprint density at radius 1 is 1.07 bits per heavy atom. The van der Waals surface area contributed by atoms with Gasteiger partial charge in [0.2, 0.25) is 11.8 Å². The highest BCUT2D eigenvalue weighted by Gasteiger charge is 2.28. The Labute approximate surface area is 176 Å². The highest BCUT2D eigenvalue weighted by molar-refractivity contribution is 6.35. The topological polar surface area (TPSA) is 49.4 Å². The van der Waals surface area contributed by atoms with Crippen LogP contribution in [0.2, 0.25) is 10.0 Å². The highest BCUT2D eigenvalue weighted by atomic mass is 35.5. The van der Waals surface area contributed by atoms with Gasteiger partial charge < -0.3 is 10.2 Å². The largest absolute Gasteiger partial charge is 0.355 e. The van der Waals surface area contributed by atoms with Crippen molar-refractivity contribution in [3.05, 3.63) is 69.7 Å². The molecule has 0 saturated heterocycles. The van der Waals surface area contributed by atoms with Gasteiger partial charge in [0.1, 0.15) is 6.04 Å². The fourth-order valence-corrected chi connectivity index (χ4v) is 3.59. The molecule has 0 aliphatic rings. The minimum atomic E-state index is -0.512. The summed E-state index contributed by atoms with van der Waals surface area (Å²) in [4.78, 5) is 27.4. The van der Waals surface area contributed by atoms with Crippen LogP contribution in [0.25, 0.3) is 0 Å². The fraction of sp³-hybridized carbons (Fsp3) is 0.364.